The van der Waals surface area contributed by atoms with Crippen LogP contribution in [-0.4, -0.2) is 17.8 Å². The summed E-state index contributed by atoms with van der Waals surface area (Å²) in [4.78, 5) is 0. The van der Waals surface area contributed by atoms with E-state index >= 15 is 0 Å². The molecule has 0 aliphatic heterocycles. The monoisotopic (exact) mass is 263 g/mol. The average Bonchev–Trinajstić information content (AvgIpc) is 2.43. The lowest BCUT2D eigenvalue weighted by Crippen LogP contribution is -2.28. The molecule has 1 unspecified atom stereocenters. The second-order valence-corrected chi connectivity index (χ2v) is 4.38. The van der Waals surface area contributed by atoms with Gasteiger partial charge in [0.05, 0.1) is 6.10 Å². The van der Waals surface area contributed by atoms with Crippen molar-refractivity contribution in [2.75, 3.05) is 6.54 Å². The maximum Gasteiger partial charge on any atom is 0.123 e. The van der Waals surface area contributed by atoms with Crippen LogP contribution in [0.3, 0.4) is 0 Å². The second-order valence-electron chi connectivity index (χ2n) is 4.38. The van der Waals surface area contributed by atoms with E-state index in [1.54, 1.807) is 24.3 Å². The van der Waals surface area contributed by atoms with Crippen molar-refractivity contribution < 1.29 is 13.9 Å². The number of benzene rings is 2. The van der Waals surface area contributed by atoms with Gasteiger partial charge in [-0.15, -0.1) is 0 Å². The predicted octanol–water partition coefficient (Wildman–Crippen LogP) is 2.42. The summed E-state index contributed by atoms with van der Waals surface area (Å²) >= 11 is 0. The summed E-state index contributed by atoms with van der Waals surface area (Å²) in [6.07, 6.45) is -0.809. The van der Waals surface area contributed by atoms with Crippen molar-refractivity contribution in [2.24, 2.45) is 5.73 Å². The Morgan fingerprint density at radius 1 is 0.842 bits per heavy atom. The molecule has 0 amide bonds. The molecule has 4 heteroatoms. The van der Waals surface area contributed by atoms with Gasteiger partial charge in [-0.25, -0.2) is 8.78 Å². The highest BCUT2D eigenvalue weighted by Crippen LogP contribution is 2.28. The van der Waals surface area contributed by atoms with Crippen LogP contribution < -0.4 is 5.73 Å². The van der Waals surface area contributed by atoms with Crippen molar-refractivity contribution in [1.82, 2.24) is 0 Å². The van der Waals surface area contributed by atoms with Crippen molar-refractivity contribution in [1.29, 1.82) is 0 Å². The van der Waals surface area contributed by atoms with Crippen LogP contribution in [0.2, 0.25) is 0 Å². The molecule has 0 spiro atoms. The maximum absolute atomic E-state index is 13.0. The molecule has 0 aliphatic rings. The van der Waals surface area contributed by atoms with Gasteiger partial charge in [0.25, 0.3) is 0 Å². The number of hydrogen-bond acceptors (Lipinski definition) is 2. The summed E-state index contributed by atoms with van der Waals surface area (Å²) in [6.45, 7) is 0.0689. The van der Waals surface area contributed by atoms with Crippen LogP contribution in [0.5, 0.6) is 0 Å². The van der Waals surface area contributed by atoms with E-state index in [0.717, 1.165) is 11.1 Å². The van der Waals surface area contributed by atoms with Crippen LogP contribution in [0.4, 0.5) is 8.78 Å². The van der Waals surface area contributed by atoms with Crippen molar-refractivity contribution in [3.05, 3.63) is 71.3 Å². The third-order valence-electron chi connectivity index (χ3n) is 3.08. The smallest absolute Gasteiger partial charge is 0.123 e. The lowest BCUT2D eigenvalue weighted by molar-refractivity contribution is 0.164. The fourth-order valence-corrected chi connectivity index (χ4v) is 2.11. The number of halogens is 2. The Labute approximate surface area is 110 Å². The molecule has 0 fully saturated rings. The fourth-order valence-electron chi connectivity index (χ4n) is 2.11. The Hall–Kier alpha value is -1.78. The third kappa shape index (κ3) is 3.16. The predicted molar refractivity (Wildman–Crippen MR) is 69.7 cm³/mol. The molecule has 0 saturated carbocycles. The van der Waals surface area contributed by atoms with Gasteiger partial charge >= 0.3 is 0 Å². The summed E-state index contributed by atoms with van der Waals surface area (Å²) in [7, 11) is 0. The van der Waals surface area contributed by atoms with E-state index < -0.39 is 12.0 Å². The first-order chi connectivity index (χ1) is 9.11. The van der Waals surface area contributed by atoms with E-state index in [0.29, 0.717) is 0 Å². The van der Waals surface area contributed by atoms with Crippen LogP contribution in [0.15, 0.2) is 48.5 Å². The van der Waals surface area contributed by atoms with Crippen LogP contribution in [-0.2, 0) is 0 Å². The molecule has 0 radical (unpaired) electrons. The van der Waals surface area contributed by atoms with Gasteiger partial charge in [0, 0.05) is 12.5 Å². The van der Waals surface area contributed by atoms with Gasteiger partial charge in [0.2, 0.25) is 0 Å². The first-order valence-electron chi connectivity index (χ1n) is 6.01. The average molecular weight is 263 g/mol. The maximum atomic E-state index is 13.0. The Kier molecular flexibility index (Phi) is 4.24. The first-order valence-corrected chi connectivity index (χ1v) is 6.01. The molecule has 3 N–H and O–H groups in total. The standard InChI is InChI=1S/C15H15F2NO/c16-12-5-1-10(2-6-12)15(14(19)9-18)11-3-7-13(17)8-4-11/h1-8,14-15,19H,9,18H2. The van der Waals surface area contributed by atoms with E-state index in [1.807, 2.05) is 0 Å². The van der Waals surface area contributed by atoms with Crippen LogP contribution in [0, 0.1) is 11.6 Å². The van der Waals surface area contributed by atoms with Crippen LogP contribution >= 0.6 is 0 Å². The zero-order valence-electron chi connectivity index (χ0n) is 10.3. The van der Waals surface area contributed by atoms with Gasteiger partial charge in [-0.05, 0) is 35.4 Å². The van der Waals surface area contributed by atoms with Crippen molar-refractivity contribution in [3.63, 3.8) is 0 Å². The minimum Gasteiger partial charge on any atom is -0.391 e. The molecule has 0 aliphatic carbocycles. The molecule has 0 aromatic heterocycles. The molecular formula is C15H15F2NO. The number of aliphatic hydroxyl groups excluding tert-OH is 1. The fraction of sp³-hybridized carbons (Fsp3) is 0.200. The molecule has 100 valence electrons. The van der Waals surface area contributed by atoms with Gasteiger partial charge in [-0.1, -0.05) is 24.3 Å². The van der Waals surface area contributed by atoms with Crippen LogP contribution in [0.1, 0.15) is 17.0 Å². The number of nitrogens with two attached hydrogens (primary N) is 1. The lowest BCUT2D eigenvalue weighted by Gasteiger charge is -2.23. The quantitative estimate of drug-likeness (QED) is 0.890. The van der Waals surface area contributed by atoms with Gasteiger partial charge in [0.15, 0.2) is 0 Å². The van der Waals surface area contributed by atoms with Gasteiger partial charge < -0.3 is 10.8 Å². The molecule has 0 saturated heterocycles. The number of aliphatic hydroxyl groups is 1. The highest BCUT2D eigenvalue weighted by atomic mass is 19.1. The normalized spacial score (nSPS) is 12.7. The number of hydrogen-bond donors (Lipinski definition) is 2. The van der Waals surface area contributed by atoms with E-state index in [2.05, 4.69) is 0 Å². The van der Waals surface area contributed by atoms with E-state index in [9.17, 15) is 13.9 Å². The molecule has 1 atom stereocenters. The van der Waals surface area contributed by atoms with Crippen molar-refractivity contribution in [3.8, 4) is 0 Å². The van der Waals surface area contributed by atoms with Gasteiger partial charge in [-0.3, -0.25) is 0 Å². The summed E-state index contributed by atoms with van der Waals surface area (Å²) in [5.74, 6) is -1.08. The molecule has 2 nitrogen and oxygen atoms in total. The summed E-state index contributed by atoms with van der Waals surface area (Å²) < 4.78 is 25.9. The molecule has 0 bridgehead atoms. The lowest BCUT2D eigenvalue weighted by atomic mass is 9.86. The van der Waals surface area contributed by atoms with E-state index in [-0.39, 0.29) is 18.2 Å². The second kappa shape index (κ2) is 5.91. The molecular weight excluding hydrogens is 248 g/mol. The van der Waals surface area contributed by atoms with E-state index in [4.69, 9.17) is 5.73 Å². The Balaban J connectivity index is 2.41. The first kappa shape index (κ1) is 13.6. The van der Waals surface area contributed by atoms with Crippen molar-refractivity contribution in [2.45, 2.75) is 12.0 Å². The van der Waals surface area contributed by atoms with Crippen LogP contribution in [0.25, 0.3) is 0 Å². The minimum atomic E-state index is -0.809. The van der Waals surface area contributed by atoms with Crippen molar-refractivity contribution >= 4 is 0 Å². The number of rotatable bonds is 4. The highest BCUT2D eigenvalue weighted by Gasteiger charge is 2.22. The zero-order chi connectivity index (χ0) is 13.8. The van der Waals surface area contributed by atoms with Gasteiger partial charge in [-0.2, -0.15) is 0 Å². The molecule has 2 rings (SSSR count). The molecule has 19 heavy (non-hydrogen) atoms. The topological polar surface area (TPSA) is 46.2 Å². The third-order valence-corrected chi connectivity index (χ3v) is 3.08. The molecule has 0 heterocycles. The van der Waals surface area contributed by atoms with Gasteiger partial charge in [0.1, 0.15) is 11.6 Å². The largest absolute Gasteiger partial charge is 0.391 e. The van der Waals surface area contributed by atoms with E-state index in [1.165, 1.54) is 24.3 Å². The highest BCUT2D eigenvalue weighted by molar-refractivity contribution is 5.34. The molecule has 2 aromatic carbocycles. The summed E-state index contributed by atoms with van der Waals surface area (Å²) in [5, 5.41) is 10.1. The summed E-state index contributed by atoms with van der Waals surface area (Å²) in [5.41, 5.74) is 6.99. The Morgan fingerprint density at radius 2 is 1.21 bits per heavy atom. The Bertz CT molecular complexity index is 479. The minimum absolute atomic E-state index is 0.0689. The Morgan fingerprint density at radius 3 is 1.53 bits per heavy atom. The molecule has 2 aromatic rings. The zero-order valence-corrected chi connectivity index (χ0v) is 10.3. The summed E-state index contributed by atoms with van der Waals surface area (Å²) in [6, 6.07) is 11.7. The SMILES string of the molecule is NCC(O)C(c1ccc(F)cc1)c1ccc(F)cc1.